The summed E-state index contributed by atoms with van der Waals surface area (Å²) in [5, 5.41) is 0. The number of rotatable bonds is 7. The third-order valence-electron chi connectivity index (χ3n) is 9.44. The predicted molar refractivity (Wildman–Crippen MR) is 151 cm³/mol. The van der Waals surface area contributed by atoms with Crippen LogP contribution in [0.2, 0.25) is 0 Å². The van der Waals surface area contributed by atoms with Crippen LogP contribution in [0.15, 0.2) is 41.3 Å². The van der Waals surface area contributed by atoms with Crippen LogP contribution in [0.1, 0.15) is 50.0 Å². The quantitative estimate of drug-likeness (QED) is 0.425. The molecule has 0 aliphatic carbocycles. The van der Waals surface area contributed by atoms with Gasteiger partial charge in [-0.05, 0) is 93.4 Å². The summed E-state index contributed by atoms with van der Waals surface area (Å²) in [6, 6.07) is 12.5. The number of methoxy groups -OCH3 is 1. The first-order valence-electron chi connectivity index (χ1n) is 14.2. The number of aromatic nitrogens is 2. The molecule has 3 aromatic rings. The molecule has 9 heteroatoms. The molecule has 6 rings (SSSR count). The molecule has 39 heavy (non-hydrogen) atoms. The second kappa shape index (κ2) is 10.6. The number of hydrogen-bond acceptors (Lipinski definition) is 6. The molecule has 3 saturated heterocycles. The number of benzene rings is 2. The average molecular weight is 555 g/mol. The highest BCUT2D eigenvalue weighted by Gasteiger charge is 2.42. The van der Waals surface area contributed by atoms with Crippen LogP contribution >= 0.6 is 0 Å². The van der Waals surface area contributed by atoms with Gasteiger partial charge in [0.15, 0.2) is 15.7 Å². The van der Waals surface area contributed by atoms with Gasteiger partial charge in [-0.15, -0.1) is 0 Å². The lowest BCUT2D eigenvalue weighted by Gasteiger charge is -2.45. The van der Waals surface area contributed by atoms with Crippen LogP contribution < -0.4 is 0 Å². The van der Waals surface area contributed by atoms with Crippen molar-refractivity contribution in [3.8, 4) is 11.4 Å². The first-order chi connectivity index (χ1) is 18.7. The molecule has 3 fully saturated rings. The van der Waals surface area contributed by atoms with Gasteiger partial charge in [-0.3, -0.25) is 4.90 Å². The molecule has 4 heterocycles. The third kappa shape index (κ3) is 5.03. The van der Waals surface area contributed by atoms with Crippen molar-refractivity contribution < 1.29 is 17.5 Å². The number of nitrogens with zero attached hydrogens (tertiary/aromatic N) is 4. The Bertz CT molecular complexity index is 1430. The molecule has 2 unspecified atom stereocenters. The Morgan fingerprint density at radius 3 is 2.26 bits per heavy atom. The summed E-state index contributed by atoms with van der Waals surface area (Å²) >= 11 is 0. The molecule has 7 nitrogen and oxygen atoms in total. The van der Waals surface area contributed by atoms with Gasteiger partial charge in [-0.25, -0.2) is 17.8 Å². The monoisotopic (exact) mass is 554 g/mol. The van der Waals surface area contributed by atoms with Gasteiger partial charge in [0, 0.05) is 50.6 Å². The number of fused-ring (bicyclic) bond motifs is 3. The lowest BCUT2D eigenvalue weighted by molar-refractivity contribution is 0.0320. The van der Waals surface area contributed by atoms with E-state index in [1.807, 2.05) is 19.2 Å². The van der Waals surface area contributed by atoms with Crippen LogP contribution in [0.3, 0.4) is 0 Å². The summed E-state index contributed by atoms with van der Waals surface area (Å²) < 4.78 is 46.8. The molecule has 0 N–H and O–H groups in total. The van der Waals surface area contributed by atoms with Gasteiger partial charge in [0.2, 0.25) is 0 Å². The summed E-state index contributed by atoms with van der Waals surface area (Å²) in [5.41, 5.74) is 2.68. The van der Waals surface area contributed by atoms with Gasteiger partial charge in [-0.2, -0.15) is 0 Å². The van der Waals surface area contributed by atoms with Crippen molar-refractivity contribution in [3.63, 3.8) is 0 Å². The van der Waals surface area contributed by atoms with Gasteiger partial charge in [0.25, 0.3) is 0 Å². The van der Waals surface area contributed by atoms with E-state index in [4.69, 9.17) is 9.72 Å². The molecular weight excluding hydrogens is 515 g/mol. The van der Waals surface area contributed by atoms with Crippen LogP contribution in [0.5, 0.6) is 0 Å². The SMILES string of the molecule is COCCN1C2CCC1CC(N1CCC(c3ccc4nc(-c5ccc(S(C)(=O)=O)cc5)n(C)c4c3F)CC1)C2. The van der Waals surface area contributed by atoms with Crippen molar-refractivity contribution in [1.82, 2.24) is 19.4 Å². The zero-order valence-corrected chi connectivity index (χ0v) is 24.0. The zero-order valence-electron chi connectivity index (χ0n) is 23.1. The Labute approximate surface area is 230 Å². The second-order valence-corrected chi connectivity index (χ2v) is 13.7. The largest absolute Gasteiger partial charge is 0.383 e. The van der Waals surface area contributed by atoms with E-state index in [9.17, 15) is 8.42 Å². The smallest absolute Gasteiger partial charge is 0.175 e. The molecule has 1 aromatic heterocycles. The number of halogens is 1. The molecule has 0 amide bonds. The number of aryl methyl sites for hydroxylation is 1. The van der Waals surface area contributed by atoms with E-state index in [1.165, 1.54) is 31.9 Å². The highest BCUT2D eigenvalue weighted by Crippen LogP contribution is 2.40. The number of likely N-dealkylation sites (tertiary alicyclic amines) is 1. The van der Waals surface area contributed by atoms with E-state index < -0.39 is 9.84 Å². The molecule has 0 saturated carbocycles. The normalized spacial score (nSPS) is 25.1. The number of piperidine rings is 2. The maximum Gasteiger partial charge on any atom is 0.175 e. The fourth-order valence-corrected chi connectivity index (χ4v) is 8.01. The van der Waals surface area contributed by atoms with Crippen LogP contribution in [-0.2, 0) is 21.6 Å². The van der Waals surface area contributed by atoms with Crippen molar-refractivity contribution in [1.29, 1.82) is 0 Å². The predicted octanol–water partition coefficient (Wildman–Crippen LogP) is 4.60. The van der Waals surface area contributed by atoms with Crippen molar-refractivity contribution in [2.45, 2.75) is 67.5 Å². The summed E-state index contributed by atoms with van der Waals surface area (Å²) in [6.45, 7) is 3.90. The molecular formula is C30H39FN4O3S. The Kier molecular flexibility index (Phi) is 7.29. The van der Waals surface area contributed by atoms with Gasteiger partial charge in [0.05, 0.1) is 17.0 Å². The number of ether oxygens (including phenoxy) is 1. The lowest BCUT2D eigenvalue weighted by Crippen LogP contribution is -2.52. The van der Waals surface area contributed by atoms with Gasteiger partial charge in [0.1, 0.15) is 11.3 Å². The Morgan fingerprint density at radius 1 is 0.974 bits per heavy atom. The topological polar surface area (TPSA) is 67.7 Å². The molecule has 2 bridgehead atoms. The van der Waals surface area contributed by atoms with Crippen LogP contribution in [0.4, 0.5) is 4.39 Å². The fraction of sp³-hybridized carbons (Fsp3) is 0.567. The van der Waals surface area contributed by atoms with E-state index in [1.54, 1.807) is 35.9 Å². The van der Waals surface area contributed by atoms with E-state index in [2.05, 4.69) is 9.80 Å². The highest BCUT2D eigenvalue weighted by molar-refractivity contribution is 7.90. The molecule has 3 aliphatic rings. The van der Waals surface area contributed by atoms with E-state index in [-0.39, 0.29) is 16.6 Å². The van der Waals surface area contributed by atoms with E-state index >= 15 is 4.39 Å². The number of sulfone groups is 1. The Morgan fingerprint density at radius 2 is 1.64 bits per heavy atom. The minimum absolute atomic E-state index is 0.176. The van der Waals surface area contributed by atoms with E-state index in [0.717, 1.165) is 50.2 Å². The summed E-state index contributed by atoms with van der Waals surface area (Å²) in [7, 11) is 0.338. The van der Waals surface area contributed by atoms with Gasteiger partial charge >= 0.3 is 0 Å². The van der Waals surface area contributed by atoms with Crippen LogP contribution in [-0.4, -0.2) is 85.5 Å². The first-order valence-corrected chi connectivity index (χ1v) is 16.1. The molecule has 0 spiro atoms. The first kappa shape index (κ1) is 26.9. The van der Waals surface area contributed by atoms with Crippen molar-refractivity contribution in [2.75, 3.05) is 39.6 Å². The third-order valence-corrected chi connectivity index (χ3v) is 10.6. The van der Waals surface area contributed by atoms with Crippen molar-refractivity contribution in [2.24, 2.45) is 7.05 Å². The Hall–Kier alpha value is -2.33. The number of imidazole rings is 1. The molecule has 2 atom stereocenters. The highest BCUT2D eigenvalue weighted by atomic mass is 32.2. The molecule has 210 valence electrons. The van der Waals surface area contributed by atoms with Crippen molar-refractivity contribution in [3.05, 3.63) is 47.8 Å². The summed E-state index contributed by atoms with van der Waals surface area (Å²) in [4.78, 5) is 10.3. The maximum atomic E-state index is 16.0. The van der Waals surface area contributed by atoms with Gasteiger partial charge < -0.3 is 14.2 Å². The second-order valence-electron chi connectivity index (χ2n) is 11.7. The summed E-state index contributed by atoms with van der Waals surface area (Å²) in [5.74, 6) is 0.656. The molecule has 2 aromatic carbocycles. The lowest BCUT2D eigenvalue weighted by atomic mass is 9.86. The molecule has 0 radical (unpaired) electrons. The Balaban J connectivity index is 1.16. The van der Waals surface area contributed by atoms with Crippen molar-refractivity contribution >= 4 is 20.9 Å². The minimum atomic E-state index is -3.28. The van der Waals surface area contributed by atoms with Gasteiger partial charge in [-0.1, -0.05) is 6.07 Å². The average Bonchev–Trinajstić information content (AvgIpc) is 3.38. The summed E-state index contributed by atoms with van der Waals surface area (Å²) in [6.07, 6.45) is 8.23. The number of hydrogen-bond donors (Lipinski definition) is 0. The van der Waals surface area contributed by atoms with Crippen LogP contribution in [0.25, 0.3) is 22.4 Å². The van der Waals surface area contributed by atoms with E-state index in [0.29, 0.717) is 35.0 Å². The fourth-order valence-electron chi connectivity index (χ4n) is 7.38. The standard InChI is InChI=1S/C30H39FN4O3S/c1-33-29-27(32-30(33)21-4-8-25(9-5-21)39(3,36)37)11-10-26(28(29)31)20-12-14-34(15-13-20)24-18-22-6-7-23(19-24)35(22)16-17-38-2/h4-5,8-11,20,22-24H,6-7,12-19H2,1-3H3. The minimum Gasteiger partial charge on any atom is -0.383 e. The van der Waals surface area contributed by atoms with Crippen LogP contribution in [0, 0.1) is 5.82 Å². The maximum absolute atomic E-state index is 16.0. The molecule has 3 aliphatic heterocycles. The zero-order chi connectivity index (χ0) is 27.3.